The third-order valence-electron chi connectivity index (χ3n) is 14.9. The van der Waals surface area contributed by atoms with Crippen molar-refractivity contribution in [2.45, 2.75) is 80.1 Å². The molecule has 0 atom stereocenters. The largest absolute Gasteiger partial charge is 0.493 e. The van der Waals surface area contributed by atoms with E-state index in [0.717, 1.165) is 72.1 Å². The molecule has 12 rings (SSSR count). The second-order valence-electron chi connectivity index (χ2n) is 21.3. The van der Waals surface area contributed by atoms with E-state index in [-0.39, 0.29) is 76.7 Å². The van der Waals surface area contributed by atoms with Crippen molar-refractivity contribution in [3.05, 3.63) is 257 Å². The number of aryl methyl sites for hydroxylation is 3. The number of aromatic nitrogens is 2. The Hall–Kier alpha value is -7.78. The molecule has 0 N–H and O–H groups in total. The van der Waals surface area contributed by atoms with Crippen molar-refractivity contribution >= 4 is 44.6 Å². The second kappa shape index (κ2) is 20.0. The molecule has 0 amide bonds. The second-order valence-corrected chi connectivity index (χ2v) is 21.3. The quantitative estimate of drug-likeness (QED) is 0.135. The maximum atomic E-state index is 9.65. The molecule has 2 aromatic heterocycles. The van der Waals surface area contributed by atoms with Crippen LogP contribution >= 0.6 is 0 Å². The van der Waals surface area contributed by atoms with E-state index in [1.165, 1.54) is 0 Å². The van der Waals surface area contributed by atoms with Gasteiger partial charge >= 0.3 is 0 Å². The average Bonchev–Trinajstić information content (AvgIpc) is 1.22. The minimum Gasteiger partial charge on any atom is -0.493 e. The van der Waals surface area contributed by atoms with Crippen LogP contribution in [0.25, 0.3) is 72.1 Å². The van der Waals surface area contributed by atoms with E-state index in [4.69, 9.17) is 17.3 Å². The number of para-hydroxylation sites is 3. The van der Waals surface area contributed by atoms with Crippen molar-refractivity contribution in [2.24, 2.45) is 0 Å². The van der Waals surface area contributed by atoms with Gasteiger partial charge in [0.25, 0.3) is 0 Å². The fraction of sp³-hybridized carbons (Fsp3) is 0.167. The first-order valence-corrected chi connectivity index (χ1v) is 25.4. The summed E-state index contributed by atoms with van der Waals surface area (Å²) in [6.45, 7) is 21.9. The normalized spacial score (nSPS) is 15.3. The van der Waals surface area contributed by atoms with E-state index in [1.807, 2.05) is 53.6 Å². The minimum absolute atomic E-state index is 0. The molecule has 0 saturated carbocycles. The summed E-state index contributed by atoms with van der Waals surface area (Å²) in [6, 6.07) is 30.3. The van der Waals surface area contributed by atoms with E-state index in [9.17, 15) is 8.22 Å². The molecule has 384 valence electrons. The first-order chi connectivity index (χ1) is 42.9. The summed E-state index contributed by atoms with van der Waals surface area (Å²) >= 11 is 0. The first kappa shape index (κ1) is 36.3. The Morgan fingerprint density at radius 3 is 1.68 bits per heavy atom. The number of hydrogen-bond donors (Lipinski definition) is 0. The number of rotatable bonds is 9. The van der Waals surface area contributed by atoms with Crippen LogP contribution in [-0.4, -0.2) is 9.55 Å². The van der Waals surface area contributed by atoms with Crippen LogP contribution in [0.2, 0.25) is 0 Å². The van der Waals surface area contributed by atoms with Gasteiger partial charge in [-0.3, -0.25) is 0 Å². The van der Waals surface area contributed by atoms with Gasteiger partial charge < -0.3 is 14.4 Å². The fourth-order valence-electron chi connectivity index (χ4n) is 11.3. The molecule has 0 aliphatic carbocycles. The van der Waals surface area contributed by atoms with Crippen molar-refractivity contribution in [2.75, 3.05) is 9.80 Å². The molecule has 5 heteroatoms. The Kier molecular flexibility index (Phi) is 9.41. The van der Waals surface area contributed by atoms with E-state index >= 15 is 0 Å². The zero-order valence-electron chi connectivity index (χ0n) is 59.5. The summed E-state index contributed by atoms with van der Waals surface area (Å²) in [7, 11) is 0. The Balaban J connectivity index is 0.00000867. The van der Waals surface area contributed by atoms with Gasteiger partial charge in [0.05, 0.1) is 20.6 Å². The van der Waals surface area contributed by atoms with Gasteiger partial charge in [-0.2, -0.15) is 41.5 Å². The topological polar surface area (TPSA) is 24.3 Å². The van der Waals surface area contributed by atoms with Gasteiger partial charge in [0.1, 0.15) is 5.82 Å². The third kappa shape index (κ3) is 8.91. The maximum Gasteiger partial charge on any atom is 0.135 e. The molecule has 0 spiro atoms. The molecule has 0 fully saturated rings. The van der Waals surface area contributed by atoms with Crippen LogP contribution in [0.5, 0.6) is 0 Å². The van der Waals surface area contributed by atoms with Crippen LogP contribution in [0.1, 0.15) is 99.7 Å². The monoisotopic (exact) mass is 1190 g/mol. The zero-order valence-corrected chi connectivity index (χ0v) is 46.8. The van der Waals surface area contributed by atoms with Crippen molar-refractivity contribution in [3.63, 3.8) is 0 Å². The molecule has 0 unspecified atom stereocenters. The molecule has 11 aromatic rings. The van der Waals surface area contributed by atoms with Gasteiger partial charge in [0.2, 0.25) is 0 Å². The number of anilines is 4. The average molecular weight is 1190 g/mol. The standard InChI is InChI=1S/C72H63N4.Pt/c1-46-38-47(2)66(48(3)39-46)54-40-57(72(9,10)56-34-35-60-59-30-20-21-31-61(59)76(64(60)43-56)65-44-55(36-37-73-65)71(6,7)8)42-58(41-54)74-45-75(63-33-23-22-32-62(63)74)70-68(52-26-16-12-17-27-52)49(4)67(51-24-14-11-15-25-51)50(5)69(70)53-28-18-13-19-29-53;/h11-41,44-45H,1-10H3;/q-3;/i11D,12D,13D,14D,15D,16D,17D,18D,19D,24D,25D,26D,27D,28D,29D;. The smallest absolute Gasteiger partial charge is 0.135 e. The number of benzene rings is 9. The van der Waals surface area contributed by atoms with Gasteiger partial charge in [0, 0.05) is 61.0 Å². The summed E-state index contributed by atoms with van der Waals surface area (Å²) in [5, 5.41) is 2.05. The van der Waals surface area contributed by atoms with E-state index in [1.54, 1.807) is 31.5 Å². The zero-order chi connectivity index (χ0) is 65.7. The van der Waals surface area contributed by atoms with Crippen molar-refractivity contribution in [3.8, 4) is 50.3 Å². The predicted molar refractivity (Wildman–Crippen MR) is 320 cm³/mol. The van der Waals surface area contributed by atoms with Gasteiger partial charge in [-0.25, -0.2) is 4.98 Å². The van der Waals surface area contributed by atoms with Crippen LogP contribution in [0.15, 0.2) is 194 Å². The third-order valence-corrected chi connectivity index (χ3v) is 14.9. The summed E-state index contributed by atoms with van der Waals surface area (Å²) in [6.07, 6.45) is 1.85. The fourth-order valence-corrected chi connectivity index (χ4v) is 11.3. The molecular weight excluding hydrogens is 1120 g/mol. The van der Waals surface area contributed by atoms with Gasteiger partial charge in [-0.05, 0) is 137 Å². The molecule has 3 heterocycles. The molecular formula is C72H63N4Pt-3. The summed E-state index contributed by atoms with van der Waals surface area (Å²) < 4.78 is 139. The van der Waals surface area contributed by atoms with Crippen molar-refractivity contribution in [1.82, 2.24) is 9.55 Å². The molecule has 0 radical (unpaired) electrons. The maximum absolute atomic E-state index is 9.65. The van der Waals surface area contributed by atoms with Crippen molar-refractivity contribution in [1.29, 1.82) is 0 Å². The van der Waals surface area contributed by atoms with Gasteiger partial charge in [-0.15, -0.1) is 29.4 Å². The van der Waals surface area contributed by atoms with E-state index in [2.05, 4.69) is 121 Å². The molecule has 77 heavy (non-hydrogen) atoms. The summed E-state index contributed by atoms with van der Waals surface area (Å²) in [5.74, 6) is 0.761. The molecule has 0 saturated heterocycles. The Morgan fingerprint density at radius 1 is 0.519 bits per heavy atom. The van der Waals surface area contributed by atoms with Gasteiger partial charge in [0.15, 0.2) is 0 Å². The summed E-state index contributed by atoms with van der Waals surface area (Å²) in [4.78, 5) is 8.58. The minimum atomic E-state index is -0.831. The number of pyridine rings is 1. The molecule has 1 aliphatic rings. The molecule has 1 aliphatic heterocycles. The van der Waals surface area contributed by atoms with Crippen LogP contribution in [0.3, 0.4) is 0 Å². The first-order valence-electron chi connectivity index (χ1n) is 32.9. The Labute approximate surface area is 491 Å². The van der Waals surface area contributed by atoms with Crippen LogP contribution in [0.4, 0.5) is 22.7 Å². The Morgan fingerprint density at radius 2 is 1.08 bits per heavy atom. The molecule has 9 aromatic carbocycles. The number of nitrogens with zero attached hydrogens (tertiary/aromatic N) is 4. The summed E-state index contributed by atoms with van der Waals surface area (Å²) in [5.41, 5.74) is 9.22. The predicted octanol–water partition coefficient (Wildman–Crippen LogP) is 19.0. The number of fused-ring (bicyclic) bond motifs is 4. The van der Waals surface area contributed by atoms with Crippen molar-refractivity contribution < 1.29 is 41.6 Å². The molecule has 4 nitrogen and oxygen atoms in total. The van der Waals surface area contributed by atoms with Gasteiger partial charge in [-0.1, -0.05) is 179 Å². The van der Waals surface area contributed by atoms with Crippen LogP contribution < -0.4 is 9.80 Å². The van der Waals surface area contributed by atoms with E-state index in [0.29, 0.717) is 17.1 Å². The molecule has 0 bridgehead atoms. The van der Waals surface area contributed by atoms with Crippen LogP contribution in [0, 0.1) is 53.4 Å². The van der Waals surface area contributed by atoms with E-state index < -0.39 is 96.1 Å². The van der Waals surface area contributed by atoms with Crippen LogP contribution in [-0.2, 0) is 31.9 Å². The SMILES string of the molecule is [2H]c1c([2H])c([2H])c(-c2c(C)c(-c3c([2H])c([2H])c([2H])c([2H])c3[2H])c(N3[CH-]N(c4[c-]c(C(C)(C)c5[c-]c6c(cc5)c5ccccc5n6-c5cc(C(C)(C)C)ccn5)cc(-c5c(C)cc(C)cc5C)c4)c4ccccc43)c(-c3c([2H])c([2H])c([2H])c([2H])c3[2H])c2C)c([2H])c1[2H].[Pt]. The number of hydrogen-bond acceptors (Lipinski definition) is 3. The Bertz CT molecular complexity index is 4760.